The molecule has 0 saturated heterocycles. The molecular formula is C20H31IOSi. The molecule has 23 heavy (non-hydrogen) atoms. The largest absolute Gasteiger partial charge is 0.405 e. The number of hydrogen-bond acceptors (Lipinski definition) is 1. The summed E-state index contributed by atoms with van der Waals surface area (Å²) >= 11 is 2.43. The molecule has 0 aliphatic heterocycles. The van der Waals surface area contributed by atoms with E-state index in [0.717, 1.165) is 22.8 Å². The van der Waals surface area contributed by atoms with Crippen molar-refractivity contribution in [3.8, 4) is 11.8 Å². The Bertz CT molecular complexity index is 503. The molecule has 0 spiro atoms. The molecule has 0 fully saturated rings. The summed E-state index contributed by atoms with van der Waals surface area (Å²) in [5.41, 5.74) is 1.07. The first-order valence-corrected chi connectivity index (χ1v) is 11.6. The lowest BCUT2D eigenvalue weighted by atomic mass is 10.2. The maximum Gasteiger partial charge on any atom is 0.189 e. The average molecular weight is 442 g/mol. The molecule has 1 rings (SSSR count). The Balaban J connectivity index is 2.95. The molecule has 1 atom stereocenters. The molecular weight excluding hydrogens is 411 g/mol. The van der Waals surface area contributed by atoms with Crippen molar-refractivity contribution < 1.29 is 4.43 Å². The van der Waals surface area contributed by atoms with Crippen molar-refractivity contribution in [2.75, 3.05) is 4.43 Å². The minimum atomic E-state index is -1.44. The van der Waals surface area contributed by atoms with Crippen LogP contribution in [0.2, 0.25) is 10.1 Å². The Morgan fingerprint density at radius 3 is 2.09 bits per heavy atom. The molecule has 0 aromatic heterocycles. The number of alkyl halides is 1. The first-order valence-electron chi connectivity index (χ1n) is 8.42. The summed E-state index contributed by atoms with van der Waals surface area (Å²) in [7, 11) is -1.44. The van der Waals surface area contributed by atoms with Crippen LogP contribution in [0.4, 0.5) is 0 Å². The van der Waals surface area contributed by atoms with Crippen LogP contribution in [-0.2, 0) is 4.43 Å². The molecule has 0 heterocycles. The van der Waals surface area contributed by atoms with Gasteiger partial charge in [0.1, 0.15) is 6.10 Å². The van der Waals surface area contributed by atoms with Crippen molar-refractivity contribution in [2.24, 2.45) is 0 Å². The van der Waals surface area contributed by atoms with Crippen LogP contribution in [0, 0.1) is 11.8 Å². The van der Waals surface area contributed by atoms with Crippen molar-refractivity contribution in [2.45, 2.75) is 70.6 Å². The number of halogens is 1. The highest BCUT2D eigenvalue weighted by molar-refractivity contribution is 14.1. The van der Waals surface area contributed by atoms with Gasteiger partial charge in [-0.3, -0.25) is 0 Å². The van der Waals surface area contributed by atoms with Crippen LogP contribution in [0.15, 0.2) is 30.3 Å². The molecule has 0 amide bonds. The number of hydrogen-bond donors (Lipinski definition) is 0. The topological polar surface area (TPSA) is 9.23 Å². The van der Waals surface area contributed by atoms with Crippen LogP contribution in [-0.4, -0.2) is 19.6 Å². The first-order chi connectivity index (χ1) is 10.6. The summed E-state index contributed by atoms with van der Waals surface area (Å²) in [5.74, 6) is 6.71. The molecule has 1 unspecified atom stereocenters. The molecule has 0 N–H and O–H groups in total. The first kappa shape index (κ1) is 20.7. The molecule has 1 nitrogen and oxygen atoms in total. The maximum atomic E-state index is 6.67. The van der Waals surface area contributed by atoms with E-state index in [2.05, 4.69) is 88.1 Å². The number of benzene rings is 1. The van der Waals surface area contributed by atoms with E-state index in [1.165, 1.54) is 0 Å². The fourth-order valence-electron chi connectivity index (χ4n) is 2.99. The Morgan fingerprint density at radius 2 is 1.61 bits per heavy atom. The zero-order chi connectivity index (χ0) is 17.5. The monoisotopic (exact) mass is 442 g/mol. The molecule has 0 aliphatic rings. The van der Waals surface area contributed by atoms with Gasteiger partial charge in [-0.1, -0.05) is 94.2 Å². The minimum absolute atomic E-state index is 0.0556. The molecule has 0 aliphatic carbocycles. The van der Waals surface area contributed by atoms with Crippen LogP contribution in [0.1, 0.15) is 59.9 Å². The fraction of sp³-hybridized carbons (Fsp3) is 0.600. The van der Waals surface area contributed by atoms with Crippen LogP contribution in [0.5, 0.6) is 0 Å². The third-order valence-electron chi connectivity index (χ3n) is 3.62. The van der Waals surface area contributed by atoms with E-state index < -0.39 is 9.04 Å². The van der Waals surface area contributed by atoms with Gasteiger partial charge in [0.15, 0.2) is 9.04 Å². The van der Waals surface area contributed by atoms with Crippen LogP contribution >= 0.6 is 22.6 Å². The summed E-state index contributed by atoms with van der Waals surface area (Å²) in [6.07, 6.45) is 2.24. The highest BCUT2D eigenvalue weighted by Gasteiger charge is 2.39. The van der Waals surface area contributed by atoms with Crippen LogP contribution in [0.25, 0.3) is 0 Å². The molecule has 0 radical (unpaired) electrons. The lowest BCUT2D eigenvalue weighted by molar-refractivity contribution is 0.221. The predicted molar refractivity (Wildman–Crippen MR) is 113 cm³/mol. The van der Waals surface area contributed by atoms with Crippen molar-refractivity contribution >= 4 is 31.6 Å². The van der Waals surface area contributed by atoms with Gasteiger partial charge in [0.25, 0.3) is 0 Å². The van der Waals surface area contributed by atoms with E-state index >= 15 is 0 Å². The van der Waals surface area contributed by atoms with Gasteiger partial charge in [0.05, 0.1) is 0 Å². The Labute approximate surface area is 158 Å². The normalized spacial score (nSPS) is 13.6. The second kappa shape index (κ2) is 9.24. The molecule has 1 aromatic rings. The molecule has 3 heteroatoms. The van der Waals surface area contributed by atoms with Crippen molar-refractivity contribution in [1.82, 2.24) is 0 Å². The van der Waals surface area contributed by atoms with E-state index in [9.17, 15) is 0 Å². The van der Waals surface area contributed by atoms with Gasteiger partial charge >= 0.3 is 0 Å². The van der Waals surface area contributed by atoms with E-state index in [1.54, 1.807) is 0 Å². The fourth-order valence-corrected chi connectivity index (χ4v) is 7.38. The molecule has 1 aromatic carbocycles. The van der Waals surface area contributed by atoms with Crippen LogP contribution < -0.4 is 0 Å². The van der Waals surface area contributed by atoms with Gasteiger partial charge < -0.3 is 4.43 Å². The van der Waals surface area contributed by atoms with E-state index in [0.29, 0.717) is 0 Å². The highest BCUT2D eigenvalue weighted by Crippen LogP contribution is 2.43. The van der Waals surface area contributed by atoms with Gasteiger partial charge in [-0.2, -0.15) is 0 Å². The average Bonchev–Trinajstić information content (AvgIpc) is 2.45. The summed E-state index contributed by atoms with van der Waals surface area (Å²) in [6, 6.07) is 10.2. The highest BCUT2D eigenvalue weighted by atomic mass is 127. The van der Waals surface area contributed by atoms with Gasteiger partial charge in [-0.05, 0) is 39.5 Å². The molecule has 128 valence electrons. The van der Waals surface area contributed by atoms with Crippen molar-refractivity contribution in [3.63, 3.8) is 0 Å². The minimum Gasteiger partial charge on any atom is -0.405 e. The van der Waals surface area contributed by atoms with Gasteiger partial charge in [0, 0.05) is 5.56 Å². The van der Waals surface area contributed by atoms with Crippen LogP contribution in [0.3, 0.4) is 0 Å². The maximum absolute atomic E-state index is 6.67. The third kappa shape index (κ3) is 7.87. The Hall–Kier alpha value is -0.313. The zero-order valence-electron chi connectivity index (χ0n) is 15.4. The summed E-state index contributed by atoms with van der Waals surface area (Å²) < 4.78 is 7.82. The van der Waals surface area contributed by atoms with Crippen molar-refractivity contribution in [3.05, 3.63) is 35.9 Å². The quantitative estimate of drug-likeness (QED) is 0.237. The lowest BCUT2D eigenvalue weighted by Crippen LogP contribution is -2.41. The third-order valence-corrected chi connectivity index (χ3v) is 8.13. The Morgan fingerprint density at radius 1 is 1.04 bits per heavy atom. The SMILES string of the molecule is CC(C)(C)[SiH](OC(C#Cc1ccccc1)CCCI)C(C)(C)C. The van der Waals surface area contributed by atoms with Gasteiger partial charge in [-0.15, -0.1) is 0 Å². The molecule has 0 bridgehead atoms. The van der Waals surface area contributed by atoms with Gasteiger partial charge in [-0.25, -0.2) is 0 Å². The lowest BCUT2D eigenvalue weighted by Gasteiger charge is -2.40. The predicted octanol–water partition coefficient (Wildman–Crippen LogP) is 5.96. The van der Waals surface area contributed by atoms with Crippen molar-refractivity contribution in [1.29, 1.82) is 0 Å². The van der Waals surface area contributed by atoms with E-state index in [-0.39, 0.29) is 16.2 Å². The zero-order valence-corrected chi connectivity index (χ0v) is 18.8. The van der Waals surface area contributed by atoms with E-state index in [4.69, 9.17) is 4.43 Å². The van der Waals surface area contributed by atoms with Gasteiger partial charge in [0.2, 0.25) is 0 Å². The summed E-state index contributed by atoms with van der Waals surface area (Å²) in [5, 5.41) is 0.463. The number of rotatable bonds is 5. The summed E-state index contributed by atoms with van der Waals surface area (Å²) in [4.78, 5) is 0. The molecule has 0 saturated carbocycles. The summed E-state index contributed by atoms with van der Waals surface area (Å²) in [6.45, 7) is 13.9. The standard InChI is InChI=1S/C20H31IOSi/c1-19(2,3)23(20(4,5)6)22-18(13-10-16-21)15-14-17-11-8-7-9-12-17/h7-9,11-12,18,23H,10,13,16H2,1-6H3. The Kier molecular flexibility index (Phi) is 8.33. The second-order valence-corrected chi connectivity index (χ2v) is 13.8. The van der Waals surface area contributed by atoms with E-state index in [1.807, 2.05) is 18.2 Å². The second-order valence-electron chi connectivity index (χ2n) is 8.20. The smallest absolute Gasteiger partial charge is 0.189 e.